The lowest BCUT2D eigenvalue weighted by molar-refractivity contribution is 1.09. The van der Waals surface area contributed by atoms with Gasteiger partial charge in [0.2, 0.25) is 0 Å². The van der Waals surface area contributed by atoms with E-state index < -0.39 is 0 Å². The summed E-state index contributed by atoms with van der Waals surface area (Å²) in [7, 11) is 0. The molecule has 1 heteroatoms. The van der Waals surface area contributed by atoms with Crippen LogP contribution in [-0.4, -0.2) is 12.3 Å². The van der Waals surface area contributed by atoms with Crippen molar-refractivity contribution in [2.45, 2.75) is 27.2 Å². The van der Waals surface area contributed by atoms with Crippen LogP contribution in [0.5, 0.6) is 0 Å². The predicted molar refractivity (Wildman–Crippen MR) is 33.9 cm³/mol. The lowest BCUT2D eigenvalue weighted by Crippen LogP contribution is -1.86. The van der Waals surface area contributed by atoms with Crippen molar-refractivity contribution in [3.63, 3.8) is 0 Å². The van der Waals surface area contributed by atoms with Crippen molar-refractivity contribution in [2.75, 3.05) is 6.54 Å². The molecule has 0 aliphatic heterocycles. The molecule has 0 unspecified atom stereocenters. The normalized spacial score (nSPS) is 12.1. The van der Waals surface area contributed by atoms with Crippen molar-refractivity contribution in [1.82, 2.24) is 0 Å². The van der Waals surface area contributed by atoms with Gasteiger partial charge in [0.15, 0.2) is 0 Å². The first kappa shape index (κ1) is 6.67. The second-order valence-electron chi connectivity index (χ2n) is 1.56. The highest BCUT2D eigenvalue weighted by Crippen LogP contribution is 1.81. The summed E-state index contributed by atoms with van der Waals surface area (Å²) in [6.45, 7) is 7.16. The maximum atomic E-state index is 4.16. The molecule has 0 aliphatic carbocycles. The molecule has 0 aliphatic rings. The first-order valence-corrected chi connectivity index (χ1v) is 2.81. The summed E-state index contributed by atoms with van der Waals surface area (Å²) in [4.78, 5) is 4.16. The van der Waals surface area contributed by atoms with E-state index in [4.69, 9.17) is 0 Å². The Morgan fingerprint density at radius 3 is 2.14 bits per heavy atom. The second-order valence-corrected chi connectivity index (χ2v) is 1.56. The molecule has 0 N–H and O–H groups in total. The lowest BCUT2D eigenvalue weighted by Gasteiger charge is -1.88. The molecule has 0 aromatic heterocycles. The van der Waals surface area contributed by atoms with Gasteiger partial charge >= 0.3 is 0 Å². The topological polar surface area (TPSA) is 12.4 Å². The van der Waals surface area contributed by atoms with Gasteiger partial charge in [-0.3, -0.25) is 4.99 Å². The van der Waals surface area contributed by atoms with Crippen LogP contribution in [0.4, 0.5) is 0 Å². The highest BCUT2D eigenvalue weighted by atomic mass is 14.7. The minimum Gasteiger partial charge on any atom is -0.295 e. The maximum absolute atomic E-state index is 4.16. The van der Waals surface area contributed by atoms with E-state index in [9.17, 15) is 0 Å². The summed E-state index contributed by atoms with van der Waals surface area (Å²) in [6.07, 6.45) is 1.09. The van der Waals surface area contributed by atoms with Crippen LogP contribution in [-0.2, 0) is 0 Å². The van der Waals surface area contributed by atoms with E-state index in [1.54, 1.807) is 0 Å². The van der Waals surface area contributed by atoms with Crippen molar-refractivity contribution in [1.29, 1.82) is 0 Å². The van der Waals surface area contributed by atoms with Gasteiger partial charge in [-0.05, 0) is 20.3 Å². The number of nitrogens with zero attached hydrogens (tertiary/aromatic N) is 1. The molecule has 0 saturated heterocycles. The Bertz CT molecular complexity index is 64.6. The third-order valence-electron chi connectivity index (χ3n) is 0.940. The summed E-state index contributed by atoms with van der Waals surface area (Å²) >= 11 is 0. The van der Waals surface area contributed by atoms with Crippen molar-refractivity contribution in [3.8, 4) is 0 Å². The zero-order chi connectivity index (χ0) is 5.70. The largest absolute Gasteiger partial charge is 0.295 e. The molecule has 0 fully saturated rings. The van der Waals surface area contributed by atoms with E-state index in [2.05, 4.69) is 25.8 Å². The van der Waals surface area contributed by atoms with E-state index in [0.29, 0.717) is 0 Å². The zero-order valence-electron chi connectivity index (χ0n) is 5.36. The number of aliphatic imine (C=N–C) groups is 1. The highest BCUT2D eigenvalue weighted by molar-refractivity contribution is 5.81. The molecular formula is C6H13N. The van der Waals surface area contributed by atoms with Gasteiger partial charge in [-0.1, -0.05) is 6.92 Å². The van der Waals surface area contributed by atoms with Gasteiger partial charge in [-0.15, -0.1) is 0 Å². The SMILES string of the molecule is CC/N=C(/C)CC. The lowest BCUT2D eigenvalue weighted by atomic mass is 10.3. The van der Waals surface area contributed by atoms with Gasteiger partial charge in [0.25, 0.3) is 0 Å². The third-order valence-corrected chi connectivity index (χ3v) is 0.940. The summed E-state index contributed by atoms with van der Waals surface area (Å²) in [5, 5.41) is 0. The van der Waals surface area contributed by atoms with Crippen LogP contribution in [0.2, 0.25) is 0 Å². The van der Waals surface area contributed by atoms with Crippen molar-refractivity contribution >= 4 is 5.71 Å². The molecule has 0 heterocycles. The van der Waals surface area contributed by atoms with Gasteiger partial charge in [0.05, 0.1) is 0 Å². The van der Waals surface area contributed by atoms with Crippen LogP contribution in [0, 0.1) is 0 Å². The Labute approximate surface area is 45.5 Å². The summed E-state index contributed by atoms with van der Waals surface area (Å²) in [5.41, 5.74) is 1.25. The average molecular weight is 99.2 g/mol. The number of hydrogen-bond donors (Lipinski definition) is 0. The second kappa shape index (κ2) is 3.85. The number of hydrogen-bond acceptors (Lipinski definition) is 1. The van der Waals surface area contributed by atoms with Crippen LogP contribution >= 0.6 is 0 Å². The van der Waals surface area contributed by atoms with E-state index in [0.717, 1.165) is 13.0 Å². The maximum Gasteiger partial charge on any atom is 0.0360 e. The van der Waals surface area contributed by atoms with Crippen LogP contribution in [0.3, 0.4) is 0 Å². The molecular weight excluding hydrogens is 86.1 g/mol. The van der Waals surface area contributed by atoms with Crippen LogP contribution in [0.15, 0.2) is 4.99 Å². The van der Waals surface area contributed by atoms with Gasteiger partial charge in [0.1, 0.15) is 0 Å². The predicted octanol–water partition coefficient (Wildman–Crippen LogP) is 1.88. The molecule has 0 spiro atoms. The summed E-state index contributed by atoms with van der Waals surface area (Å²) in [5.74, 6) is 0. The molecule has 0 rings (SSSR count). The molecule has 42 valence electrons. The fraction of sp³-hybridized carbons (Fsp3) is 0.833. The fourth-order valence-corrected chi connectivity index (χ4v) is 0.382. The molecule has 0 radical (unpaired) electrons. The Morgan fingerprint density at radius 2 is 2.00 bits per heavy atom. The monoisotopic (exact) mass is 99.1 g/mol. The molecule has 0 amide bonds. The molecule has 0 bridgehead atoms. The molecule has 0 saturated carbocycles. The molecule has 0 aromatic carbocycles. The first-order valence-electron chi connectivity index (χ1n) is 2.81. The van der Waals surface area contributed by atoms with Crippen molar-refractivity contribution < 1.29 is 0 Å². The Hall–Kier alpha value is -0.330. The smallest absolute Gasteiger partial charge is 0.0360 e. The standard InChI is InChI=1S/C6H13N/c1-4-6(3)7-5-2/h4-5H2,1-3H3/b7-6-. The van der Waals surface area contributed by atoms with E-state index in [-0.39, 0.29) is 0 Å². The van der Waals surface area contributed by atoms with Crippen LogP contribution < -0.4 is 0 Å². The molecule has 0 atom stereocenters. The Morgan fingerprint density at radius 1 is 1.43 bits per heavy atom. The van der Waals surface area contributed by atoms with Gasteiger partial charge in [0, 0.05) is 12.3 Å². The zero-order valence-corrected chi connectivity index (χ0v) is 5.36. The quantitative estimate of drug-likeness (QED) is 0.469. The number of rotatable bonds is 2. The van der Waals surface area contributed by atoms with Crippen molar-refractivity contribution in [2.24, 2.45) is 4.99 Å². The van der Waals surface area contributed by atoms with Crippen LogP contribution in [0.25, 0.3) is 0 Å². The average Bonchev–Trinajstić information content (AvgIpc) is 1.68. The Kier molecular flexibility index (Phi) is 3.67. The van der Waals surface area contributed by atoms with Crippen molar-refractivity contribution in [3.05, 3.63) is 0 Å². The highest BCUT2D eigenvalue weighted by Gasteiger charge is 1.78. The molecule has 0 aromatic rings. The minimum atomic E-state index is 0.930. The van der Waals surface area contributed by atoms with E-state index in [1.807, 2.05) is 0 Å². The summed E-state index contributed by atoms with van der Waals surface area (Å²) < 4.78 is 0. The van der Waals surface area contributed by atoms with Gasteiger partial charge in [-0.25, -0.2) is 0 Å². The molecule has 1 nitrogen and oxygen atoms in total. The van der Waals surface area contributed by atoms with Crippen LogP contribution in [0.1, 0.15) is 27.2 Å². The minimum absolute atomic E-state index is 0.930. The van der Waals surface area contributed by atoms with Gasteiger partial charge < -0.3 is 0 Å². The summed E-state index contributed by atoms with van der Waals surface area (Å²) in [6, 6.07) is 0. The fourth-order valence-electron chi connectivity index (χ4n) is 0.382. The Balaban J connectivity index is 3.29. The molecule has 7 heavy (non-hydrogen) atoms. The van der Waals surface area contributed by atoms with Gasteiger partial charge in [-0.2, -0.15) is 0 Å². The van der Waals surface area contributed by atoms with E-state index in [1.165, 1.54) is 5.71 Å². The first-order chi connectivity index (χ1) is 3.31. The third kappa shape index (κ3) is 3.50. The van der Waals surface area contributed by atoms with E-state index >= 15 is 0 Å².